The predicted octanol–water partition coefficient (Wildman–Crippen LogP) is 1.55. The Morgan fingerprint density at radius 2 is 2.21 bits per heavy atom. The van der Waals surface area contributed by atoms with Crippen molar-refractivity contribution in [1.82, 2.24) is 5.32 Å². The molecule has 0 unspecified atom stereocenters. The summed E-state index contributed by atoms with van der Waals surface area (Å²) in [4.78, 5) is 22.7. The Morgan fingerprint density at radius 3 is 2.68 bits per heavy atom. The van der Waals surface area contributed by atoms with Crippen LogP contribution in [0.1, 0.15) is 18.1 Å². The molecular weight excluding hydrogens is 264 g/mol. The van der Waals surface area contributed by atoms with E-state index in [1.807, 2.05) is 13.0 Å². The maximum Gasteiger partial charge on any atom is 0.327 e. The molecule has 1 amide bonds. The molecule has 0 spiro atoms. The van der Waals surface area contributed by atoms with Crippen LogP contribution >= 0.6 is 11.8 Å². The van der Waals surface area contributed by atoms with Gasteiger partial charge in [0.2, 0.25) is 5.91 Å². The van der Waals surface area contributed by atoms with E-state index in [1.54, 1.807) is 12.1 Å². The van der Waals surface area contributed by atoms with E-state index in [1.165, 1.54) is 18.7 Å². The standard InChI is InChI=1S/C13H14N2O3S/c1-8-5-11(4-3-10(8)6-14)19-7-12(13(17)18)15-9(2)16/h3-5,12H,7H2,1-2H3,(H,15,16)(H,17,18)/t12-/m0/s1. The number of thioether (sulfide) groups is 1. The van der Waals surface area contributed by atoms with Crippen molar-refractivity contribution in [2.24, 2.45) is 0 Å². The number of amides is 1. The highest BCUT2D eigenvalue weighted by Crippen LogP contribution is 2.21. The molecule has 1 aromatic rings. The lowest BCUT2D eigenvalue weighted by Gasteiger charge is -2.13. The summed E-state index contributed by atoms with van der Waals surface area (Å²) in [6.45, 7) is 3.11. The van der Waals surface area contributed by atoms with Crippen LogP contribution in [0.2, 0.25) is 0 Å². The average Bonchev–Trinajstić information content (AvgIpc) is 2.34. The first-order valence-electron chi connectivity index (χ1n) is 5.57. The number of aliphatic carboxylic acids is 1. The van der Waals surface area contributed by atoms with Gasteiger partial charge in [0.05, 0.1) is 11.6 Å². The van der Waals surface area contributed by atoms with Crippen LogP contribution in [0.25, 0.3) is 0 Å². The van der Waals surface area contributed by atoms with Gasteiger partial charge >= 0.3 is 5.97 Å². The number of rotatable bonds is 5. The van der Waals surface area contributed by atoms with Crippen molar-refractivity contribution in [2.75, 3.05) is 5.75 Å². The normalized spacial score (nSPS) is 11.4. The Labute approximate surface area is 115 Å². The molecule has 0 aromatic heterocycles. The van der Waals surface area contributed by atoms with Crippen LogP contribution in [0.3, 0.4) is 0 Å². The number of benzene rings is 1. The molecule has 1 aromatic carbocycles. The lowest BCUT2D eigenvalue weighted by Crippen LogP contribution is -2.41. The first-order chi connectivity index (χ1) is 8.93. The van der Waals surface area contributed by atoms with Gasteiger partial charge in [0.15, 0.2) is 0 Å². The van der Waals surface area contributed by atoms with Crippen molar-refractivity contribution < 1.29 is 14.7 Å². The van der Waals surface area contributed by atoms with E-state index >= 15 is 0 Å². The van der Waals surface area contributed by atoms with Crippen LogP contribution in [0.15, 0.2) is 23.1 Å². The molecule has 0 saturated carbocycles. The molecule has 6 heteroatoms. The van der Waals surface area contributed by atoms with Crippen LogP contribution in [0.5, 0.6) is 0 Å². The zero-order valence-electron chi connectivity index (χ0n) is 10.6. The Balaban J connectivity index is 2.69. The molecule has 1 rings (SSSR count). The van der Waals surface area contributed by atoms with Gasteiger partial charge in [-0.15, -0.1) is 11.8 Å². The van der Waals surface area contributed by atoms with Gasteiger partial charge in [-0.25, -0.2) is 4.79 Å². The second-order valence-electron chi connectivity index (χ2n) is 3.99. The Hall–Kier alpha value is -2.00. The lowest BCUT2D eigenvalue weighted by molar-refractivity contribution is -0.140. The molecule has 0 fully saturated rings. The van der Waals surface area contributed by atoms with Gasteiger partial charge in [-0.05, 0) is 30.7 Å². The number of carboxylic acids is 1. The molecule has 0 heterocycles. The topological polar surface area (TPSA) is 90.2 Å². The molecular formula is C13H14N2O3S. The summed E-state index contributed by atoms with van der Waals surface area (Å²) >= 11 is 1.33. The minimum atomic E-state index is -1.06. The number of aryl methyl sites for hydroxylation is 1. The zero-order valence-corrected chi connectivity index (χ0v) is 11.5. The molecule has 2 N–H and O–H groups in total. The van der Waals surface area contributed by atoms with E-state index in [9.17, 15) is 9.59 Å². The average molecular weight is 278 g/mol. The maximum atomic E-state index is 11.0. The monoisotopic (exact) mass is 278 g/mol. The molecule has 0 radical (unpaired) electrons. The fraction of sp³-hybridized carbons (Fsp3) is 0.308. The predicted molar refractivity (Wildman–Crippen MR) is 71.9 cm³/mol. The van der Waals surface area contributed by atoms with Crippen LogP contribution in [0, 0.1) is 18.3 Å². The van der Waals surface area contributed by atoms with E-state index in [0.29, 0.717) is 5.56 Å². The van der Waals surface area contributed by atoms with Gasteiger partial charge in [-0.1, -0.05) is 0 Å². The summed E-state index contributed by atoms with van der Waals surface area (Å²) in [7, 11) is 0. The first-order valence-corrected chi connectivity index (χ1v) is 6.56. The first kappa shape index (κ1) is 15.1. The zero-order chi connectivity index (χ0) is 14.4. The van der Waals surface area contributed by atoms with Crippen molar-refractivity contribution in [3.8, 4) is 6.07 Å². The summed E-state index contributed by atoms with van der Waals surface area (Å²) < 4.78 is 0. The number of nitrogens with zero attached hydrogens (tertiary/aromatic N) is 1. The summed E-state index contributed by atoms with van der Waals surface area (Å²) in [6.07, 6.45) is 0. The maximum absolute atomic E-state index is 11.0. The highest BCUT2D eigenvalue weighted by atomic mass is 32.2. The molecule has 5 nitrogen and oxygen atoms in total. The van der Waals surface area contributed by atoms with Gasteiger partial charge in [0.1, 0.15) is 6.04 Å². The lowest BCUT2D eigenvalue weighted by atomic mass is 10.1. The molecule has 19 heavy (non-hydrogen) atoms. The fourth-order valence-electron chi connectivity index (χ4n) is 1.45. The van der Waals surface area contributed by atoms with Crippen LogP contribution in [-0.2, 0) is 9.59 Å². The minimum Gasteiger partial charge on any atom is -0.480 e. The number of carboxylic acid groups (broad SMARTS) is 1. The van der Waals surface area contributed by atoms with Crippen molar-refractivity contribution in [2.45, 2.75) is 24.8 Å². The molecule has 0 aliphatic heterocycles. The third kappa shape index (κ3) is 4.64. The molecule has 0 aliphatic carbocycles. The largest absolute Gasteiger partial charge is 0.480 e. The summed E-state index contributed by atoms with van der Waals surface area (Å²) in [5.74, 6) is -1.20. The third-order valence-corrected chi connectivity index (χ3v) is 3.50. The summed E-state index contributed by atoms with van der Waals surface area (Å²) in [5.41, 5.74) is 1.44. The Morgan fingerprint density at radius 1 is 1.53 bits per heavy atom. The van der Waals surface area contributed by atoms with E-state index in [4.69, 9.17) is 10.4 Å². The van der Waals surface area contributed by atoms with Crippen molar-refractivity contribution in [1.29, 1.82) is 5.26 Å². The van der Waals surface area contributed by atoms with Crippen molar-refractivity contribution in [3.05, 3.63) is 29.3 Å². The number of nitrogens with one attached hydrogen (secondary N) is 1. The number of hydrogen-bond acceptors (Lipinski definition) is 4. The van der Waals surface area contributed by atoms with Crippen LogP contribution in [0.4, 0.5) is 0 Å². The number of carbonyl (C=O) groups is 2. The Kier molecular flexibility index (Phi) is 5.39. The van der Waals surface area contributed by atoms with E-state index in [-0.39, 0.29) is 11.7 Å². The van der Waals surface area contributed by atoms with E-state index in [0.717, 1.165) is 10.5 Å². The number of hydrogen-bond donors (Lipinski definition) is 2. The van der Waals surface area contributed by atoms with Gasteiger partial charge < -0.3 is 10.4 Å². The van der Waals surface area contributed by atoms with E-state index in [2.05, 4.69) is 11.4 Å². The highest BCUT2D eigenvalue weighted by molar-refractivity contribution is 7.99. The van der Waals surface area contributed by atoms with Gasteiger partial charge in [0.25, 0.3) is 0 Å². The number of nitriles is 1. The Bertz CT molecular complexity index is 537. The molecule has 0 bridgehead atoms. The number of carbonyl (C=O) groups excluding carboxylic acids is 1. The minimum absolute atomic E-state index is 0.236. The molecule has 0 aliphatic rings. The second kappa shape index (κ2) is 6.81. The van der Waals surface area contributed by atoms with Gasteiger partial charge in [-0.3, -0.25) is 4.79 Å². The van der Waals surface area contributed by atoms with Gasteiger partial charge in [-0.2, -0.15) is 5.26 Å². The fourth-order valence-corrected chi connectivity index (χ4v) is 2.46. The summed E-state index contributed by atoms with van der Waals surface area (Å²) in [5, 5.41) is 20.2. The quantitative estimate of drug-likeness (QED) is 0.797. The highest BCUT2D eigenvalue weighted by Gasteiger charge is 2.18. The third-order valence-electron chi connectivity index (χ3n) is 2.41. The van der Waals surface area contributed by atoms with Crippen LogP contribution < -0.4 is 5.32 Å². The van der Waals surface area contributed by atoms with Crippen molar-refractivity contribution >= 4 is 23.6 Å². The van der Waals surface area contributed by atoms with Crippen molar-refractivity contribution in [3.63, 3.8) is 0 Å². The summed E-state index contributed by atoms with van der Waals surface area (Å²) in [6, 6.07) is 6.45. The van der Waals surface area contributed by atoms with Gasteiger partial charge in [0, 0.05) is 17.6 Å². The molecule has 100 valence electrons. The van der Waals surface area contributed by atoms with Crippen LogP contribution in [-0.4, -0.2) is 28.8 Å². The SMILES string of the molecule is CC(=O)N[C@@H](CSc1ccc(C#N)c(C)c1)C(=O)O. The van der Waals surface area contributed by atoms with E-state index < -0.39 is 12.0 Å². The second-order valence-corrected chi connectivity index (χ2v) is 5.08. The molecule has 0 saturated heterocycles. The molecule has 1 atom stereocenters. The smallest absolute Gasteiger partial charge is 0.327 e.